The van der Waals surface area contributed by atoms with Crippen LogP contribution in [0.3, 0.4) is 0 Å². The molecule has 3 rings (SSSR count). The number of aliphatic carboxylic acids is 1. The Kier molecular flexibility index (Phi) is 9.31. The molecule has 8 nitrogen and oxygen atoms in total. The maximum absolute atomic E-state index is 13.2. The zero-order valence-electron chi connectivity index (χ0n) is 20.5. The molecule has 202 valence electrons. The highest BCUT2D eigenvalue weighted by molar-refractivity contribution is 7.90. The molecule has 0 radical (unpaired) electrons. The number of carbonyl (C=O) groups excluding carboxylic acids is 1. The van der Waals surface area contributed by atoms with E-state index in [1.165, 1.54) is 42.5 Å². The first-order chi connectivity index (χ1) is 17.7. The van der Waals surface area contributed by atoms with E-state index in [1.807, 2.05) is 0 Å². The summed E-state index contributed by atoms with van der Waals surface area (Å²) >= 11 is 12.7. The molecule has 0 aliphatic heterocycles. The van der Waals surface area contributed by atoms with E-state index in [1.54, 1.807) is 24.9 Å². The van der Waals surface area contributed by atoms with E-state index in [2.05, 4.69) is 5.32 Å². The van der Waals surface area contributed by atoms with Crippen LogP contribution in [0.1, 0.15) is 21.5 Å². The molecule has 3 N–H and O–H groups in total. The number of aromatic hydroxyl groups is 1. The molecule has 1 amide bonds. The standard InChI is InChI=1S/C26H26Cl2NO7PS/c1-37(34,19-7-4-6-18(30)15-19)10-9-17-12-21(27)24(22(28)13-17)25(31)29-23(26(32)33)14-16-5-3-8-20(11-16)38(2,35)36/h3-8,11-13,15,23,30H,9-10,14H2,1-2H3,(H,29,31)(H,32,33). The SMILES string of the molecule is CP(=O)(CCc1cc(Cl)c(C(=O)NC(Cc2cccc(S(C)(=O)=O)c2)C(=O)O)c(Cl)c1)c1cccc(O)c1. The summed E-state index contributed by atoms with van der Waals surface area (Å²) in [7, 11) is -6.30. The Morgan fingerprint density at radius 2 is 1.63 bits per heavy atom. The first kappa shape index (κ1) is 29.7. The summed E-state index contributed by atoms with van der Waals surface area (Å²) in [6.07, 6.45) is 1.47. The van der Waals surface area contributed by atoms with E-state index in [0.717, 1.165) is 6.26 Å². The zero-order chi connectivity index (χ0) is 28.3. The van der Waals surface area contributed by atoms with Gasteiger partial charge in [-0.3, -0.25) is 4.79 Å². The largest absolute Gasteiger partial charge is 0.508 e. The van der Waals surface area contributed by atoms with Crippen LogP contribution >= 0.6 is 30.3 Å². The number of benzene rings is 3. The molecule has 0 bridgehead atoms. The van der Waals surface area contributed by atoms with Crippen molar-refractivity contribution in [3.05, 3.63) is 87.4 Å². The average Bonchev–Trinajstić information content (AvgIpc) is 2.81. The molecule has 0 saturated heterocycles. The molecule has 0 saturated carbocycles. The topological polar surface area (TPSA) is 138 Å². The van der Waals surface area contributed by atoms with Crippen LogP contribution in [0, 0.1) is 0 Å². The van der Waals surface area contributed by atoms with E-state index in [-0.39, 0.29) is 38.8 Å². The minimum atomic E-state index is -3.49. The van der Waals surface area contributed by atoms with Gasteiger partial charge in [0.1, 0.15) is 18.9 Å². The summed E-state index contributed by atoms with van der Waals surface area (Å²) in [4.78, 5) is 24.8. The number of phenolic OH excluding ortho intramolecular Hbond substituents is 1. The van der Waals surface area contributed by atoms with Crippen molar-refractivity contribution in [2.45, 2.75) is 23.8 Å². The van der Waals surface area contributed by atoms with Crippen molar-refractivity contribution in [1.82, 2.24) is 5.32 Å². The molecule has 0 aliphatic rings. The molecule has 0 spiro atoms. The number of sulfone groups is 1. The smallest absolute Gasteiger partial charge is 0.326 e. The fourth-order valence-electron chi connectivity index (χ4n) is 3.81. The van der Waals surface area contributed by atoms with Gasteiger partial charge in [-0.15, -0.1) is 0 Å². The number of carboxylic acid groups (broad SMARTS) is 1. The average molecular weight is 598 g/mol. The second-order valence-corrected chi connectivity index (χ2v) is 15.0. The molecule has 3 aromatic rings. The van der Waals surface area contributed by atoms with Crippen molar-refractivity contribution in [1.29, 1.82) is 0 Å². The number of carbonyl (C=O) groups is 2. The molecular formula is C26H26Cl2NO7PS. The third-order valence-corrected chi connectivity index (χ3v) is 10.1. The molecule has 12 heteroatoms. The number of amides is 1. The number of phenols is 1. The summed E-state index contributed by atoms with van der Waals surface area (Å²) in [6.45, 7) is 1.62. The highest BCUT2D eigenvalue weighted by Crippen LogP contribution is 2.41. The second kappa shape index (κ2) is 11.9. The van der Waals surface area contributed by atoms with Gasteiger partial charge in [-0.1, -0.05) is 47.5 Å². The van der Waals surface area contributed by atoms with Gasteiger partial charge in [0.25, 0.3) is 5.91 Å². The van der Waals surface area contributed by atoms with Crippen LogP contribution in [-0.2, 0) is 32.0 Å². The maximum Gasteiger partial charge on any atom is 0.326 e. The molecule has 0 heterocycles. The number of hydrogen-bond acceptors (Lipinski definition) is 6. The summed E-state index contributed by atoms with van der Waals surface area (Å²) < 4.78 is 36.8. The Bertz CT molecular complexity index is 1520. The van der Waals surface area contributed by atoms with E-state index < -0.39 is 34.9 Å². The Labute approximate surface area is 230 Å². The predicted octanol–water partition coefficient (Wildman–Crippen LogP) is 4.39. The Hall–Kier alpha value is -2.84. The first-order valence-corrected chi connectivity index (χ1v) is 16.3. The van der Waals surface area contributed by atoms with Gasteiger partial charge in [-0.2, -0.15) is 0 Å². The van der Waals surface area contributed by atoms with Gasteiger partial charge in [-0.25, -0.2) is 13.2 Å². The van der Waals surface area contributed by atoms with Crippen molar-refractivity contribution in [3.8, 4) is 5.75 Å². The lowest BCUT2D eigenvalue weighted by Crippen LogP contribution is -2.42. The number of hydrogen-bond donors (Lipinski definition) is 3. The van der Waals surface area contributed by atoms with Crippen molar-refractivity contribution >= 4 is 57.4 Å². The van der Waals surface area contributed by atoms with Gasteiger partial charge in [0.15, 0.2) is 9.84 Å². The highest BCUT2D eigenvalue weighted by atomic mass is 35.5. The van der Waals surface area contributed by atoms with Gasteiger partial charge >= 0.3 is 5.97 Å². The first-order valence-electron chi connectivity index (χ1n) is 11.3. The van der Waals surface area contributed by atoms with Gasteiger partial charge in [-0.05, 0) is 60.6 Å². The zero-order valence-corrected chi connectivity index (χ0v) is 23.7. The fourth-order valence-corrected chi connectivity index (χ4v) is 6.96. The van der Waals surface area contributed by atoms with Crippen LogP contribution < -0.4 is 10.6 Å². The summed E-state index contributed by atoms with van der Waals surface area (Å²) in [5, 5.41) is 22.3. The lowest BCUT2D eigenvalue weighted by molar-refractivity contribution is -0.139. The summed E-state index contributed by atoms with van der Waals surface area (Å²) in [5.41, 5.74) is 0.927. The van der Waals surface area contributed by atoms with Crippen LogP contribution in [0.5, 0.6) is 5.75 Å². The molecule has 2 unspecified atom stereocenters. The van der Waals surface area contributed by atoms with Gasteiger partial charge in [0.05, 0.1) is 20.5 Å². The Morgan fingerprint density at radius 3 is 2.21 bits per heavy atom. The third kappa shape index (κ3) is 7.60. The molecule has 0 aromatic heterocycles. The number of rotatable bonds is 10. The Balaban J connectivity index is 1.76. The van der Waals surface area contributed by atoms with Crippen LogP contribution in [0.15, 0.2) is 65.6 Å². The quantitative estimate of drug-likeness (QED) is 0.295. The van der Waals surface area contributed by atoms with Crippen LogP contribution in [0.2, 0.25) is 10.0 Å². The van der Waals surface area contributed by atoms with Crippen LogP contribution in [0.25, 0.3) is 0 Å². The van der Waals surface area contributed by atoms with Gasteiger partial charge in [0.2, 0.25) is 0 Å². The molecule has 3 aromatic carbocycles. The third-order valence-electron chi connectivity index (χ3n) is 5.90. The monoisotopic (exact) mass is 597 g/mol. The van der Waals surface area contributed by atoms with Crippen molar-refractivity contribution in [2.24, 2.45) is 0 Å². The molecule has 38 heavy (non-hydrogen) atoms. The lowest BCUT2D eigenvalue weighted by Gasteiger charge is -2.17. The second-order valence-electron chi connectivity index (χ2n) is 9.02. The minimum absolute atomic E-state index is 0.00324. The van der Waals surface area contributed by atoms with Crippen molar-refractivity contribution < 1.29 is 32.8 Å². The maximum atomic E-state index is 13.2. The number of nitrogens with one attached hydrogen (secondary N) is 1. The van der Waals surface area contributed by atoms with E-state index in [4.69, 9.17) is 23.2 Å². The van der Waals surface area contributed by atoms with Crippen molar-refractivity contribution in [3.63, 3.8) is 0 Å². The number of carboxylic acids is 1. The molecule has 2 atom stereocenters. The summed E-state index contributed by atoms with van der Waals surface area (Å²) in [6, 6.07) is 13.7. The predicted molar refractivity (Wildman–Crippen MR) is 148 cm³/mol. The van der Waals surface area contributed by atoms with E-state index >= 15 is 0 Å². The van der Waals surface area contributed by atoms with Crippen LogP contribution in [0.4, 0.5) is 0 Å². The van der Waals surface area contributed by atoms with E-state index in [0.29, 0.717) is 22.9 Å². The highest BCUT2D eigenvalue weighted by Gasteiger charge is 2.25. The summed E-state index contributed by atoms with van der Waals surface area (Å²) in [5.74, 6) is -2.11. The van der Waals surface area contributed by atoms with E-state index in [9.17, 15) is 32.8 Å². The lowest BCUT2D eigenvalue weighted by atomic mass is 10.0. The Morgan fingerprint density at radius 1 is 1.00 bits per heavy atom. The normalized spacial score (nSPS) is 13.9. The molecule has 0 fully saturated rings. The minimum Gasteiger partial charge on any atom is -0.508 e. The number of aryl methyl sites for hydroxylation is 1. The van der Waals surface area contributed by atoms with Crippen LogP contribution in [-0.4, -0.2) is 55.6 Å². The van der Waals surface area contributed by atoms with Gasteiger partial charge in [0, 0.05) is 24.1 Å². The molecular weight excluding hydrogens is 572 g/mol. The number of halogens is 2. The fraction of sp³-hybridized carbons (Fsp3) is 0.231. The van der Waals surface area contributed by atoms with Crippen molar-refractivity contribution in [2.75, 3.05) is 19.1 Å². The van der Waals surface area contributed by atoms with Gasteiger partial charge < -0.3 is 20.1 Å². The molecule has 0 aliphatic carbocycles.